The van der Waals surface area contributed by atoms with Crippen LogP contribution in [0.5, 0.6) is 0 Å². The van der Waals surface area contributed by atoms with E-state index in [2.05, 4.69) is 5.32 Å². The van der Waals surface area contributed by atoms with Crippen molar-refractivity contribution >= 4 is 11.4 Å². The van der Waals surface area contributed by atoms with Crippen LogP contribution in [0, 0.1) is 10.1 Å². The van der Waals surface area contributed by atoms with Crippen molar-refractivity contribution in [3.63, 3.8) is 0 Å². The first-order valence-corrected chi connectivity index (χ1v) is 6.96. The molecule has 2 N–H and O–H groups in total. The highest BCUT2D eigenvalue weighted by molar-refractivity contribution is 5.62. The second-order valence-electron chi connectivity index (χ2n) is 4.63. The minimum atomic E-state index is -0.357. The molecular weight excluding hydrogens is 258 g/mol. The maximum Gasteiger partial charge on any atom is 0.292 e. The molecule has 0 atom stereocenters. The summed E-state index contributed by atoms with van der Waals surface area (Å²) in [5, 5.41) is 23.2. The Morgan fingerprint density at radius 2 is 2.15 bits per heavy atom. The summed E-state index contributed by atoms with van der Waals surface area (Å²) in [6, 6.07) is 5.26. The standard InChI is InChI=1S/C14H23N3O3/c1-3-7-15-13-6-5-12(10-14(13)17(19)20)11-16(4-2)8-9-18/h5-6,10,15,18H,3-4,7-9,11H2,1-2H3. The van der Waals surface area contributed by atoms with E-state index >= 15 is 0 Å². The van der Waals surface area contributed by atoms with Gasteiger partial charge in [0.1, 0.15) is 5.69 Å². The van der Waals surface area contributed by atoms with Crippen LogP contribution in [0.25, 0.3) is 0 Å². The predicted molar refractivity (Wildman–Crippen MR) is 79.9 cm³/mol. The van der Waals surface area contributed by atoms with Gasteiger partial charge in [0.15, 0.2) is 0 Å². The smallest absolute Gasteiger partial charge is 0.292 e. The van der Waals surface area contributed by atoms with Crippen LogP contribution in [0.15, 0.2) is 18.2 Å². The summed E-state index contributed by atoms with van der Waals surface area (Å²) in [6.07, 6.45) is 0.916. The lowest BCUT2D eigenvalue weighted by Gasteiger charge is -2.19. The number of anilines is 1. The predicted octanol–water partition coefficient (Wildman–Crippen LogP) is 2.23. The number of rotatable bonds is 9. The average Bonchev–Trinajstić information content (AvgIpc) is 2.45. The SMILES string of the molecule is CCCNc1ccc(CN(CC)CCO)cc1[N+](=O)[O-]. The molecule has 0 saturated heterocycles. The van der Waals surface area contributed by atoms with E-state index in [9.17, 15) is 10.1 Å². The van der Waals surface area contributed by atoms with Crippen LogP contribution in [0.2, 0.25) is 0 Å². The number of aliphatic hydroxyl groups excluding tert-OH is 1. The molecule has 0 radical (unpaired) electrons. The number of nitro benzene ring substituents is 1. The minimum absolute atomic E-state index is 0.0894. The molecule has 0 aliphatic carbocycles. The molecule has 6 heteroatoms. The Bertz CT molecular complexity index is 438. The van der Waals surface area contributed by atoms with Gasteiger partial charge >= 0.3 is 0 Å². The maximum atomic E-state index is 11.1. The Morgan fingerprint density at radius 1 is 1.40 bits per heavy atom. The summed E-state index contributed by atoms with van der Waals surface area (Å²) in [4.78, 5) is 12.8. The van der Waals surface area contributed by atoms with Crippen molar-refractivity contribution in [3.05, 3.63) is 33.9 Å². The summed E-state index contributed by atoms with van der Waals surface area (Å²) in [6.45, 7) is 6.79. The van der Waals surface area contributed by atoms with Crippen LogP contribution in [0.1, 0.15) is 25.8 Å². The molecule has 1 aromatic carbocycles. The van der Waals surface area contributed by atoms with Crippen LogP contribution < -0.4 is 5.32 Å². The summed E-state index contributed by atoms with van der Waals surface area (Å²) >= 11 is 0. The van der Waals surface area contributed by atoms with Crippen LogP contribution in [0.3, 0.4) is 0 Å². The highest BCUT2D eigenvalue weighted by atomic mass is 16.6. The van der Waals surface area contributed by atoms with Crippen molar-refractivity contribution in [3.8, 4) is 0 Å². The molecule has 0 heterocycles. The largest absolute Gasteiger partial charge is 0.395 e. The van der Waals surface area contributed by atoms with E-state index in [1.54, 1.807) is 12.1 Å². The second kappa shape index (κ2) is 8.50. The molecule has 0 bridgehead atoms. The first-order valence-electron chi connectivity index (χ1n) is 6.96. The molecule has 0 aliphatic rings. The Kier molecular flexibility index (Phi) is 6.97. The Morgan fingerprint density at radius 3 is 2.70 bits per heavy atom. The molecule has 0 amide bonds. The van der Waals surface area contributed by atoms with Crippen molar-refractivity contribution in [1.29, 1.82) is 0 Å². The third-order valence-corrected chi connectivity index (χ3v) is 3.09. The molecule has 0 spiro atoms. The zero-order valence-corrected chi connectivity index (χ0v) is 12.1. The number of likely N-dealkylation sites (N-methyl/N-ethyl adjacent to an activating group) is 1. The fourth-order valence-corrected chi connectivity index (χ4v) is 1.98. The van der Waals surface area contributed by atoms with E-state index in [-0.39, 0.29) is 17.2 Å². The number of nitrogens with zero attached hydrogens (tertiary/aromatic N) is 2. The van der Waals surface area contributed by atoms with E-state index in [1.807, 2.05) is 24.8 Å². The summed E-state index contributed by atoms with van der Waals surface area (Å²) in [5.41, 5.74) is 1.55. The van der Waals surface area contributed by atoms with E-state index in [0.717, 1.165) is 18.5 Å². The van der Waals surface area contributed by atoms with Crippen molar-refractivity contribution in [2.75, 3.05) is 31.6 Å². The Balaban J connectivity index is 2.88. The van der Waals surface area contributed by atoms with E-state index in [0.29, 0.717) is 25.3 Å². The van der Waals surface area contributed by atoms with Gasteiger partial charge in [0, 0.05) is 25.7 Å². The van der Waals surface area contributed by atoms with Gasteiger partial charge in [-0.25, -0.2) is 0 Å². The molecule has 20 heavy (non-hydrogen) atoms. The van der Waals surface area contributed by atoms with Gasteiger partial charge in [-0.05, 0) is 24.6 Å². The van der Waals surface area contributed by atoms with Crippen LogP contribution in [-0.4, -0.2) is 41.2 Å². The molecular formula is C14H23N3O3. The number of nitro groups is 1. The molecule has 0 aliphatic heterocycles. The normalized spacial score (nSPS) is 10.8. The molecule has 1 rings (SSSR count). The van der Waals surface area contributed by atoms with Gasteiger partial charge in [-0.3, -0.25) is 15.0 Å². The molecule has 6 nitrogen and oxygen atoms in total. The second-order valence-corrected chi connectivity index (χ2v) is 4.63. The van der Waals surface area contributed by atoms with Gasteiger partial charge in [0.05, 0.1) is 11.5 Å². The lowest BCUT2D eigenvalue weighted by Crippen LogP contribution is -2.26. The van der Waals surface area contributed by atoms with Crippen LogP contribution >= 0.6 is 0 Å². The zero-order valence-electron chi connectivity index (χ0n) is 12.1. The number of aliphatic hydroxyl groups is 1. The number of benzene rings is 1. The van der Waals surface area contributed by atoms with Gasteiger partial charge in [-0.2, -0.15) is 0 Å². The molecule has 0 aromatic heterocycles. The van der Waals surface area contributed by atoms with Crippen molar-refractivity contribution in [2.45, 2.75) is 26.8 Å². The van der Waals surface area contributed by atoms with Gasteiger partial charge < -0.3 is 10.4 Å². The van der Waals surface area contributed by atoms with Crippen molar-refractivity contribution in [2.24, 2.45) is 0 Å². The van der Waals surface area contributed by atoms with Crippen LogP contribution in [-0.2, 0) is 6.54 Å². The quantitative estimate of drug-likeness (QED) is 0.536. The maximum absolute atomic E-state index is 11.1. The average molecular weight is 281 g/mol. The summed E-state index contributed by atoms with van der Waals surface area (Å²) in [7, 11) is 0. The molecule has 112 valence electrons. The van der Waals surface area contributed by atoms with E-state index in [4.69, 9.17) is 5.11 Å². The summed E-state index contributed by atoms with van der Waals surface area (Å²) in [5.74, 6) is 0. The zero-order chi connectivity index (χ0) is 15.0. The number of hydrogen-bond acceptors (Lipinski definition) is 5. The Hall–Kier alpha value is -1.66. The summed E-state index contributed by atoms with van der Waals surface area (Å²) < 4.78 is 0. The molecule has 0 unspecified atom stereocenters. The fourth-order valence-electron chi connectivity index (χ4n) is 1.98. The number of nitrogens with one attached hydrogen (secondary N) is 1. The van der Waals surface area contributed by atoms with Crippen molar-refractivity contribution < 1.29 is 10.0 Å². The first-order chi connectivity index (χ1) is 9.62. The van der Waals surface area contributed by atoms with Gasteiger partial charge in [-0.1, -0.05) is 19.9 Å². The lowest BCUT2D eigenvalue weighted by atomic mass is 10.1. The highest BCUT2D eigenvalue weighted by Gasteiger charge is 2.15. The molecule has 1 aromatic rings. The third-order valence-electron chi connectivity index (χ3n) is 3.09. The monoisotopic (exact) mass is 281 g/mol. The molecule has 0 fully saturated rings. The van der Waals surface area contributed by atoms with E-state index < -0.39 is 0 Å². The number of hydrogen-bond donors (Lipinski definition) is 2. The van der Waals surface area contributed by atoms with Gasteiger partial charge in [0.25, 0.3) is 5.69 Å². The van der Waals surface area contributed by atoms with Crippen molar-refractivity contribution in [1.82, 2.24) is 4.90 Å². The van der Waals surface area contributed by atoms with Crippen LogP contribution in [0.4, 0.5) is 11.4 Å². The Labute approximate surface area is 119 Å². The lowest BCUT2D eigenvalue weighted by molar-refractivity contribution is -0.384. The highest BCUT2D eigenvalue weighted by Crippen LogP contribution is 2.26. The van der Waals surface area contributed by atoms with E-state index in [1.165, 1.54) is 0 Å². The topological polar surface area (TPSA) is 78.6 Å². The van der Waals surface area contributed by atoms with Gasteiger partial charge in [0.2, 0.25) is 0 Å². The minimum Gasteiger partial charge on any atom is -0.395 e. The first kappa shape index (κ1) is 16.4. The van der Waals surface area contributed by atoms with Gasteiger partial charge in [-0.15, -0.1) is 0 Å². The fraction of sp³-hybridized carbons (Fsp3) is 0.571. The molecule has 0 saturated carbocycles. The third kappa shape index (κ3) is 4.79.